The number of para-hydroxylation sites is 1. The summed E-state index contributed by atoms with van der Waals surface area (Å²) in [5.74, 6) is 1.68. The number of nitrogens with two attached hydrogens (primary N) is 1. The molecular weight excluding hydrogens is 270 g/mol. The summed E-state index contributed by atoms with van der Waals surface area (Å²) in [5, 5.41) is 0. The molecule has 0 aliphatic heterocycles. The number of benzene rings is 2. The highest BCUT2D eigenvalue weighted by atomic mass is 15.1. The number of imidazole rings is 1. The van der Waals surface area contributed by atoms with Gasteiger partial charge < -0.3 is 10.3 Å². The molecule has 0 radical (unpaired) electrons. The lowest BCUT2D eigenvalue weighted by atomic mass is 10.1. The molecule has 3 nitrogen and oxygen atoms in total. The highest BCUT2D eigenvalue weighted by Gasteiger charge is 2.15. The van der Waals surface area contributed by atoms with Crippen LogP contribution in [0.15, 0.2) is 42.5 Å². The summed E-state index contributed by atoms with van der Waals surface area (Å²) in [7, 11) is 0. The molecule has 3 heteroatoms. The summed E-state index contributed by atoms with van der Waals surface area (Å²) < 4.78 is 2.31. The average molecular weight is 293 g/mol. The van der Waals surface area contributed by atoms with Gasteiger partial charge in [0.2, 0.25) is 0 Å². The van der Waals surface area contributed by atoms with Crippen LogP contribution in [-0.2, 0) is 6.54 Å². The van der Waals surface area contributed by atoms with Gasteiger partial charge in [-0.25, -0.2) is 4.98 Å². The molecule has 2 N–H and O–H groups in total. The van der Waals surface area contributed by atoms with E-state index in [9.17, 15) is 0 Å². The van der Waals surface area contributed by atoms with Crippen molar-refractivity contribution in [2.24, 2.45) is 5.92 Å². The van der Waals surface area contributed by atoms with Crippen molar-refractivity contribution in [1.29, 1.82) is 0 Å². The Morgan fingerprint density at radius 2 is 1.86 bits per heavy atom. The van der Waals surface area contributed by atoms with Gasteiger partial charge in [-0.1, -0.05) is 44.2 Å². The van der Waals surface area contributed by atoms with Crippen LogP contribution in [0.5, 0.6) is 0 Å². The first-order valence-electron chi connectivity index (χ1n) is 7.88. The van der Waals surface area contributed by atoms with Crippen LogP contribution < -0.4 is 5.73 Å². The average Bonchev–Trinajstić information content (AvgIpc) is 2.85. The van der Waals surface area contributed by atoms with E-state index in [-0.39, 0.29) is 0 Å². The van der Waals surface area contributed by atoms with E-state index in [1.807, 2.05) is 12.1 Å². The summed E-state index contributed by atoms with van der Waals surface area (Å²) in [6, 6.07) is 14.4. The zero-order valence-corrected chi connectivity index (χ0v) is 13.5. The van der Waals surface area contributed by atoms with E-state index in [1.165, 1.54) is 11.1 Å². The van der Waals surface area contributed by atoms with Crippen molar-refractivity contribution in [3.8, 4) is 11.4 Å². The molecule has 1 aromatic heterocycles. The molecule has 0 spiro atoms. The highest BCUT2D eigenvalue weighted by Crippen LogP contribution is 2.30. The summed E-state index contributed by atoms with van der Waals surface area (Å²) >= 11 is 0. The monoisotopic (exact) mass is 293 g/mol. The molecule has 0 aliphatic carbocycles. The lowest BCUT2D eigenvalue weighted by Gasteiger charge is -2.12. The summed E-state index contributed by atoms with van der Waals surface area (Å²) in [6.07, 6.45) is 1.12. The van der Waals surface area contributed by atoms with E-state index in [2.05, 4.69) is 55.7 Å². The maximum atomic E-state index is 6.13. The van der Waals surface area contributed by atoms with Crippen molar-refractivity contribution < 1.29 is 0 Å². The van der Waals surface area contributed by atoms with Crippen molar-refractivity contribution in [3.63, 3.8) is 0 Å². The minimum atomic E-state index is 0.656. The van der Waals surface area contributed by atoms with E-state index in [4.69, 9.17) is 10.7 Å². The second kappa shape index (κ2) is 5.84. The predicted octanol–water partition coefficient (Wildman–Crippen LogP) is 4.64. The number of hydrogen-bond donors (Lipinski definition) is 1. The zero-order valence-electron chi connectivity index (χ0n) is 13.5. The lowest BCUT2D eigenvalue weighted by molar-refractivity contribution is 0.525. The topological polar surface area (TPSA) is 43.8 Å². The maximum absolute atomic E-state index is 6.13. The van der Waals surface area contributed by atoms with Gasteiger partial charge in [-0.15, -0.1) is 0 Å². The van der Waals surface area contributed by atoms with Gasteiger partial charge in [0, 0.05) is 12.1 Å². The second-order valence-corrected chi connectivity index (χ2v) is 6.30. The Morgan fingerprint density at radius 1 is 1.09 bits per heavy atom. The molecule has 0 bridgehead atoms. The molecule has 0 aliphatic rings. The number of aryl methyl sites for hydroxylation is 2. The Labute approximate surface area is 131 Å². The number of aromatic nitrogens is 2. The molecule has 3 rings (SSSR count). The molecule has 0 saturated heterocycles. The third-order valence-electron chi connectivity index (χ3n) is 4.13. The third kappa shape index (κ3) is 2.59. The minimum Gasteiger partial charge on any atom is -0.397 e. The largest absolute Gasteiger partial charge is 0.397 e. The Kier molecular flexibility index (Phi) is 3.88. The molecule has 2 aromatic carbocycles. The fourth-order valence-electron chi connectivity index (χ4n) is 2.81. The van der Waals surface area contributed by atoms with Gasteiger partial charge in [-0.05, 0) is 37.0 Å². The van der Waals surface area contributed by atoms with Gasteiger partial charge >= 0.3 is 0 Å². The van der Waals surface area contributed by atoms with Crippen molar-refractivity contribution in [3.05, 3.63) is 48.0 Å². The van der Waals surface area contributed by atoms with Gasteiger partial charge in [-0.3, -0.25) is 0 Å². The van der Waals surface area contributed by atoms with E-state index in [1.54, 1.807) is 0 Å². The van der Waals surface area contributed by atoms with Gasteiger partial charge in [0.25, 0.3) is 0 Å². The minimum absolute atomic E-state index is 0.656. The van der Waals surface area contributed by atoms with Crippen molar-refractivity contribution in [2.45, 2.75) is 33.7 Å². The molecule has 0 unspecified atom stereocenters. The van der Waals surface area contributed by atoms with Crippen molar-refractivity contribution in [2.75, 3.05) is 5.73 Å². The number of fused-ring (bicyclic) bond motifs is 1. The predicted molar refractivity (Wildman–Crippen MR) is 93.8 cm³/mol. The van der Waals surface area contributed by atoms with E-state index < -0.39 is 0 Å². The van der Waals surface area contributed by atoms with Gasteiger partial charge in [-0.2, -0.15) is 0 Å². The molecule has 3 aromatic rings. The molecule has 1 heterocycles. The van der Waals surface area contributed by atoms with Gasteiger partial charge in [0.05, 0.1) is 11.2 Å². The molecule has 0 atom stereocenters. The van der Waals surface area contributed by atoms with Crippen LogP contribution >= 0.6 is 0 Å². The van der Waals surface area contributed by atoms with Crippen LogP contribution in [0.2, 0.25) is 0 Å². The van der Waals surface area contributed by atoms with E-state index in [0.29, 0.717) is 5.92 Å². The smallest absolute Gasteiger partial charge is 0.141 e. The summed E-state index contributed by atoms with van der Waals surface area (Å²) in [4.78, 5) is 4.86. The van der Waals surface area contributed by atoms with E-state index in [0.717, 1.165) is 35.5 Å². The Hall–Kier alpha value is -2.29. The number of anilines is 1. The number of rotatable bonds is 4. The first kappa shape index (κ1) is 14.6. The lowest BCUT2D eigenvalue weighted by Crippen LogP contribution is -2.04. The molecule has 0 fully saturated rings. The van der Waals surface area contributed by atoms with Crippen molar-refractivity contribution >= 4 is 16.7 Å². The SMILES string of the molecule is Cc1ccccc1-c1nc2c(N)cccc2n1CCC(C)C. The molecule has 0 saturated carbocycles. The van der Waals surface area contributed by atoms with Crippen LogP contribution in [0.4, 0.5) is 5.69 Å². The fourth-order valence-corrected chi connectivity index (χ4v) is 2.81. The van der Waals surface area contributed by atoms with Crippen LogP contribution in [0, 0.1) is 12.8 Å². The summed E-state index contributed by atoms with van der Waals surface area (Å²) in [5.41, 5.74) is 11.3. The fraction of sp³-hybridized carbons (Fsp3) is 0.316. The normalized spacial score (nSPS) is 11.5. The zero-order chi connectivity index (χ0) is 15.7. The Bertz CT molecular complexity index is 800. The van der Waals surface area contributed by atoms with Gasteiger partial charge in [0.15, 0.2) is 0 Å². The number of nitrogens with zero attached hydrogens (tertiary/aromatic N) is 2. The number of hydrogen-bond acceptors (Lipinski definition) is 2. The molecular formula is C19H23N3. The van der Waals surface area contributed by atoms with Crippen LogP contribution in [0.1, 0.15) is 25.8 Å². The highest BCUT2D eigenvalue weighted by molar-refractivity contribution is 5.90. The van der Waals surface area contributed by atoms with E-state index >= 15 is 0 Å². The van der Waals surface area contributed by atoms with Crippen molar-refractivity contribution in [1.82, 2.24) is 9.55 Å². The first-order chi connectivity index (χ1) is 10.6. The van der Waals surface area contributed by atoms with Crippen LogP contribution in [0.3, 0.4) is 0 Å². The van der Waals surface area contributed by atoms with Crippen LogP contribution in [-0.4, -0.2) is 9.55 Å². The Balaban J connectivity index is 2.22. The Morgan fingerprint density at radius 3 is 2.59 bits per heavy atom. The standard InChI is InChI=1S/C19H23N3/c1-13(2)11-12-22-17-10-6-9-16(20)18(17)21-19(22)15-8-5-4-7-14(15)3/h4-10,13H,11-12,20H2,1-3H3. The second-order valence-electron chi connectivity index (χ2n) is 6.30. The quantitative estimate of drug-likeness (QED) is 0.712. The molecule has 114 valence electrons. The maximum Gasteiger partial charge on any atom is 0.141 e. The summed E-state index contributed by atoms with van der Waals surface area (Å²) in [6.45, 7) is 7.59. The molecule has 22 heavy (non-hydrogen) atoms. The van der Waals surface area contributed by atoms with Gasteiger partial charge in [0.1, 0.15) is 11.3 Å². The number of nitrogen functional groups attached to an aromatic ring is 1. The first-order valence-corrected chi connectivity index (χ1v) is 7.88. The van der Waals surface area contributed by atoms with Crippen LogP contribution in [0.25, 0.3) is 22.4 Å². The molecule has 0 amide bonds. The third-order valence-corrected chi connectivity index (χ3v) is 4.13.